The molecule has 2 aliphatic rings. The number of carbonyl (C=O) groups is 3. The number of thioether (sulfide) groups is 1. The number of methoxy groups -OCH3 is 1. The second-order valence-electron chi connectivity index (χ2n) is 6.50. The molecule has 2 fully saturated rings. The molecule has 0 aromatic heterocycles. The molecule has 3 rings (SSSR count). The normalized spacial score (nSPS) is 20.5. The molecule has 0 spiro atoms. The smallest absolute Gasteiger partial charge is 0.325 e. The number of benzene rings is 1. The first-order valence-electron chi connectivity index (χ1n) is 8.15. The average molecular weight is 389 g/mol. The monoisotopic (exact) mass is 389 g/mol. The van der Waals surface area contributed by atoms with E-state index in [-0.39, 0.29) is 18.4 Å². The number of hydrogen-bond donors (Lipinski definition) is 2. The van der Waals surface area contributed by atoms with Crippen molar-refractivity contribution in [2.24, 2.45) is 10.2 Å². The van der Waals surface area contributed by atoms with E-state index < -0.39 is 11.6 Å². The van der Waals surface area contributed by atoms with Gasteiger partial charge in [0.05, 0.1) is 25.6 Å². The summed E-state index contributed by atoms with van der Waals surface area (Å²) in [6.45, 7) is 3.40. The highest BCUT2D eigenvalue weighted by molar-refractivity contribution is 8.15. The van der Waals surface area contributed by atoms with Crippen molar-refractivity contribution in [3.8, 4) is 5.75 Å². The highest BCUT2D eigenvalue weighted by Crippen LogP contribution is 2.25. The summed E-state index contributed by atoms with van der Waals surface area (Å²) in [5.41, 5.74) is 0.456. The van der Waals surface area contributed by atoms with Crippen molar-refractivity contribution < 1.29 is 19.1 Å². The van der Waals surface area contributed by atoms with Crippen molar-refractivity contribution in [2.75, 3.05) is 12.9 Å². The lowest BCUT2D eigenvalue weighted by molar-refractivity contribution is -0.130. The molecule has 4 amide bonds. The first-order chi connectivity index (χ1) is 12.8. The minimum Gasteiger partial charge on any atom is -0.496 e. The summed E-state index contributed by atoms with van der Waals surface area (Å²) in [6.07, 6.45) is 1.52. The van der Waals surface area contributed by atoms with Crippen molar-refractivity contribution in [1.29, 1.82) is 0 Å². The van der Waals surface area contributed by atoms with Gasteiger partial charge in [-0.2, -0.15) is 5.10 Å². The molecular formula is C17H19N5O4S. The van der Waals surface area contributed by atoms with Crippen LogP contribution in [0.4, 0.5) is 4.79 Å². The van der Waals surface area contributed by atoms with E-state index in [4.69, 9.17) is 4.74 Å². The van der Waals surface area contributed by atoms with Crippen molar-refractivity contribution >= 4 is 41.0 Å². The predicted octanol–water partition coefficient (Wildman–Crippen LogP) is 1.08. The van der Waals surface area contributed by atoms with Crippen molar-refractivity contribution in [1.82, 2.24) is 15.5 Å². The Morgan fingerprint density at radius 1 is 1.33 bits per heavy atom. The van der Waals surface area contributed by atoms with Gasteiger partial charge in [-0.1, -0.05) is 11.8 Å². The molecule has 10 heteroatoms. The number of rotatable bonds is 5. The van der Waals surface area contributed by atoms with E-state index >= 15 is 0 Å². The maximum Gasteiger partial charge on any atom is 0.325 e. The van der Waals surface area contributed by atoms with Gasteiger partial charge in [0.15, 0.2) is 5.17 Å². The molecule has 0 unspecified atom stereocenters. The first-order valence-corrected chi connectivity index (χ1v) is 9.13. The Bertz CT molecular complexity index is 865. The van der Waals surface area contributed by atoms with E-state index in [2.05, 4.69) is 20.8 Å². The van der Waals surface area contributed by atoms with Crippen molar-refractivity contribution in [2.45, 2.75) is 25.9 Å². The zero-order valence-electron chi connectivity index (χ0n) is 15.1. The standard InChI is InChI=1S/C17H19N5O4S/c1-17(2)14(24)22(16(25)20-17)8-11-6-10(4-5-12(11)26-3)7-18-21-15-19-13(23)9-27-15/h4-7H,8-9H2,1-3H3,(H,20,25)(H,19,21,23). The molecule has 0 saturated carbocycles. The van der Waals surface area contributed by atoms with E-state index in [1.807, 2.05) is 0 Å². The quantitative estimate of drug-likeness (QED) is 0.445. The van der Waals surface area contributed by atoms with Crippen LogP contribution in [0.3, 0.4) is 0 Å². The van der Waals surface area contributed by atoms with Crippen LogP contribution in [-0.2, 0) is 16.1 Å². The Morgan fingerprint density at radius 2 is 2.11 bits per heavy atom. The third-order valence-corrected chi connectivity index (χ3v) is 4.88. The van der Waals surface area contributed by atoms with E-state index in [9.17, 15) is 14.4 Å². The van der Waals surface area contributed by atoms with Crippen LogP contribution >= 0.6 is 11.8 Å². The number of urea groups is 1. The second kappa shape index (κ2) is 7.39. The van der Waals surface area contributed by atoms with Crippen LogP contribution in [0.25, 0.3) is 0 Å². The summed E-state index contributed by atoms with van der Waals surface area (Å²) in [4.78, 5) is 36.8. The van der Waals surface area contributed by atoms with Crippen LogP contribution in [0.2, 0.25) is 0 Å². The molecule has 0 radical (unpaired) electrons. The molecule has 2 N–H and O–H groups in total. The van der Waals surface area contributed by atoms with Gasteiger partial charge in [0.1, 0.15) is 11.3 Å². The number of amidine groups is 1. The van der Waals surface area contributed by atoms with Crippen LogP contribution in [0.1, 0.15) is 25.0 Å². The lowest BCUT2D eigenvalue weighted by atomic mass is 10.1. The largest absolute Gasteiger partial charge is 0.496 e. The minimum atomic E-state index is -0.928. The van der Waals surface area contributed by atoms with Gasteiger partial charge in [-0.25, -0.2) is 4.79 Å². The SMILES string of the molecule is COc1ccc(C=NN=C2NC(=O)CS2)cc1CN1C(=O)NC(C)(C)C1=O. The zero-order valence-corrected chi connectivity index (χ0v) is 15.9. The number of hydrogen-bond acceptors (Lipinski definition) is 7. The number of ether oxygens (including phenoxy) is 1. The Kier molecular flexibility index (Phi) is 5.17. The topological polar surface area (TPSA) is 112 Å². The lowest BCUT2D eigenvalue weighted by Gasteiger charge is -2.17. The van der Waals surface area contributed by atoms with Gasteiger partial charge in [-0.15, -0.1) is 5.10 Å². The van der Waals surface area contributed by atoms with Crippen molar-refractivity contribution in [3.05, 3.63) is 29.3 Å². The number of nitrogens with one attached hydrogen (secondary N) is 2. The van der Waals surface area contributed by atoms with E-state index in [0.29, 0.717) is 22.2 Å². The van der Waals surface area contributed by atoms with Gasteiger partial charge in [0.2, 0.25) is 5.91 Å². The fourth-order valence-electron chi connectivity index (χ4n) is 2.66. The number of amides is 4. The highest BCUT2D eigenvalue weighted by atomic mass is 32.2. The van der Waals surface area contributed by atoms with Gasteiger partial charge < -0.3 is 15.4 Å². The maximum atomic E-state index is 12.4. The molecular weight excluding hydrogens is 370 g/mol. The molecule has 9 nitrogen and oxygen atoms in total. The highest BCUT2D eigenvalue weighted by Gasteiger charge is 2.44. The summed E-state index contributed by atoms with van der Waals surface area (Å²) < 4.78 is 5.34. The molecule has 0 bridgehead atoms. The summed E-state index contributed by atoms with van der Waals surface area (Å²) in [6, 6.07) is 4.85. The lowest BCUT2D eigenvalue weighted by Crippen LogP contribution is -2.40. The molecule has 2 heterocycles. The number of imide groups is 1. The Hall–Kier alpha value is -2.88. The number of nitrogens with zero attached hydrogens (tertiary/aromatic N) is 3. The minimum absolute atomic E-state index is 0.0827. The fourth-order valence-corrected chi connectivity index (χ4v) is 3.29. The van der Waals surface area contributed by atoms with Crippen LogP contribution in [0.5, 0.6) is 5.75 Å². The molecule has 1 aromatic carbocycles. The first kappa shape index (κ1) is 18.9. The van der Waals surface area contributed by atoms with E-state index in [1.54, 1.807) is 32.0 Å². The van der Waals surface area contributed by atoms with Gasteiger partial charge in [-0.05, 0) is 37.6 Å². The Labute approximate surface area is 160 Å². The maximum absolute atomic E-state index is 12.4. The Morgan fingerprint density at radius 3 is 2.70 bits per heavy atom. The fraction of sp³-hybridized carbons (Fsp3) is 0.353. The molecule has 2 saturated heterocycles. The van der Waals surface area contributed by atoms with Crippen LogP contribution < -0.4 is 15.4 Å². The van der Waals surface area contributed by atoms with Crippen molar-refractivity contribution in [3.63, 3.8) is 0 Å². The summed E-state index contributed by atoms with van der Waals surface area (Å²) in [5.74, 6) is 0.497. The summed E-state index contributed by atoms with van der Waals surface area (Å²) in [5, 5.41) is 13.6. The summed E-state index contributed by atoms with van der Waals surface area (Å²) in [7, 11) is 1.52. The summed E-state index contributed by atoms with van der Waals surface area (Å²) >= 11 is 1.28. The van der Waals surface area contributed by atoms with Crippen LogP contribution in [0.15, 0.2) is 28.4 Å². The number of carbonyl (C=O) groups excluding carboxylic acids is 3. The van der Waals surface area contributed by atoms with Gasteiger partial charge in [0.25, 0.3) is 5.91 Å². The molecule has 2 aliphatic heterocycles. The molecule has 142 valence electrons. The van der Waals surface area contributed by atoms with E-state index in [1.165, 1.54) is 25.1 Å². The van der Waals surface area contributed by atoms with Gasteiger partial charge >= 0.3 is 6.03 Å². The van der Waals surface area contributed by atoms with Crippen LogP contribution in [0, 0.1) is 0 Å². The van der Waals surface area contributed by atoms with Crippen LogP contribution in [-0.4, -0.2) is 52.5 Å². The van der Waals surface area contributed by atoms with Gasteiger partial charge in [0, 0.05) is 5.56 Å². The molecule has 0 atom stereocenters. The third kappa shape index (κ3) is 4.11. The van der Waals surface area contributed by atoms with Gasteiger partial charge in [-0.3, -0.25) is 14.5 Å². The second-order valence-corrected chi connectivity index (χ2v) is 7.47. The molecule has 0 aliphatic carbocycles. The third-order valence-electron chi connectivity index (χ3n) is 4.02. The Balaban J connectivity index is 1.79. The zero-order chi connectivity index (χ0) is 19.6. The van der Waals surface area contributed by atoms with E-state index in [0.717, 1.165) is 10.5 Å². The average Bonchev–Trinajstić information content (AvgIpc) is 3.11. The molecule has 1 aromatic rings. The molecule has 27 heavy (non-hydrogen) atoms. The predicted molar refractivity (Wildman–Crippen MR) is 102 cm³/mol.